The molecule has 0 aliphatic heterocycles. The maximum Gasteiger partial charge on any atom is 0.343 e. The van der Waals surface area contributed by atoms with Crippen LogP contribution < -0.4 is 4.74 Å². The van der Waals surface area contributed by atoms with Crippen LogP contribution in [0.4, 0.5) is 0 Å². The van der Waals surface area contributed by atoms with Gasteiger partial charge in [-0.1, -0.05) is 0 Å². The van der Waals surface area contributed by atoms with Crippen LogP contribution in [0.25, 0.3) is 0 Å². The molecule has 0 aliphatic rings. The Labute approximate surface area is 124 Å². The van der Waals surface area contributed by atoms with E-state index in [4.69, 9.17) is 14.9 Å². The molecular formula is C15H12O7. The molecule has 0 heterocycles. The number of carbonyl (C=O) groups excluding carboxylic acids is 1. The third-order valence-electron chi connectivity index (χ3n) is 2.80. The number of phenols is 3. The van der Waals surface area contributed by atoms with Crippen molar-refractivity contribution in [1.82, 2.24) is 0 Å². The van der Waals surface area contributed by atoms with Crippen molar-refractivity contribution in [2.75, 3.05) is 0 Å². The second-order valence-corrected chi connectivity index (χ2v) is 4.45. The van der Waals surface area contributed by atoms with E-state index >= 15 is 0 Å². The maximum absolute atomic E-state index is 12.0. The first-order valence-corrected chi connectivity index (χ1v) is 6.14. The van der Waals surface area contributed by atoms with Gasteiger partial charge >= 0.3 is 11.9 Å². The molecule has 0 unspecified atom stereocenters. The fourth-order valence-electron chi connectivity index (χ4n) is 1.79. The number of ether oxygens (including phenoxy) is 1. The fourth-order valence-corrected chi connectivity index (χ4v) is 1.79. The molecule has 0 bridgehead atoms. The van der Waals surface area contributed by atoms with E-state index in [2.05, 4.69) is 0 Å². The number of esters is 1. The largest absolute Gasteiger partial charge is 0.508 e. The summed E-state index contributed by atoms with van der Waals surface area (Å²) in [7, 11) is 0. The highest BCUT2D eigenvalue weighted by Crippen LogP contribution is 2.33. The van der Waals surface area contributed by atoms with Gasteiger partial charge in [-0.15, -0.1) is 0 Å². The average Bonchev–Trinajstić information content (AvgIpc) is 2.43. The highest BCUT2D eigenvalue weighted by Gasteiger charge is 2.18. The van der Waals surface area contributed by atoms with E-state index in [1.54, 1.807) is 0 Å². The van der Waals surface area contributed by atoms with Crippen LogP contribution in [-0.4, -0.2) is 32.4 Å². The van der Waals surface area contributed by atoms with Crippen LogP contribution in [0.2, 0.25) is 0 Å². The van der Waals surface area contributed by atoms with Gasteiger partial charge < -0.3 is 25.2 Å². The monoisotopic (exact) mass is 304 g/mol. The van der Waals surface area contributed by atoms with Crippen molar-refractivity contribution in [3.8, 4) is 23.0 Å². The van der Waals surface area contributed by atoms with E-state index in [1.165, 1.54) is 24.3 Å². The predicted molar refractivity (Wildman–Crippen MR) is 74.2 cm³/mol. The Morgan fingerprint density at radius 1 is 0.955 bits per heavy atom. The molecule has 0 spiro atoms. The minimum Gasteiger partial charge on any atom is -0.508 e. The molecule has 0 aliphatic carbocycles. The van der Waals surface area contributed by atoms with Crippen LogP contribution in [0.3, 0.4) is 0 Å². The third kappa shape index (κ3) is 3.45. The summed E-state index contributed by atoms with van der Waals surface area (Å²) in [5, 5.41) is 37.1. The van der Waals surface area contributed by atoms with Gasteiger partial charge in [0.25, 0.3) is 0 Å². The Hall–Kier alpha value is -3.22. The Bertz CT molecular complexity index is 719. The molecule has 4 N–H and O–H groups in total. The highest BCUT2D eigenvalue weighted by atomic mass is 16.5. The Balaban J connectivity index is 2.33. The van der Waals surface area contributed by atoms with Crippen molar-refractivity contribution in [3.63, 3.8) is 0 Å². The summed E-state index contributed by atoms with van der Waals surface area (Å²) in [4.78, 5) is 22.8. The van der Waals surface area contributed by atoms with Gasteiger partial charge in [-0.2, -0.15) is 0 Å². The fraction of sp³-hybridized carbons (Fsp3) is 0.0667. The van der Waals surface area contributed by atoms with E-state index in [1.807, 2.05) is 0 Å². The van der Waals surface area contributed by atoms with E-state index in [-0.39, 0.29) is 28.4 Å². The Morgan fingerprint density at radius 3 is 2.18 bits per heavy atom. The van der Waals surface area contributed by atoms with Crippen LogP contribution in [0, 0.1) is 0 Å². The summed E-state index contributed by atoms with van der Waals surface area (Å²) in [5.74, 6) is -3.20. The predicted octanol–water partition coefficient (Wildman–Crippen LogP) is 1.65. The van der Waals surface area contributed by atoms with E-state index < -0.39 is 24.1 Å². The SMILES string of the molecule is O=C(O)Cc1c(O)cc(O)cc1OC(=O)c1ccc(O)cc1. The van der Waals surface area contributed by atoms with Crippen molar-refractivity contribution in [1.29, 1.82) is 0 Å². The van der Waals surface area contributed by atoms with Crippen LogP contribution in [-0.2, 0) is 11.2 Å². The van der Waals surface area contributed by atoms with Crippen molar-refractivity contribution in [3.05, 3.63) is 47.5 Å². The number of hydrogen-bond acceptors (Lipinski definition) is 6. The van der Waals surface area contributed by atoms with Gasteiger partial charge in [-0.05, 0) is 24.3 Å². The van der Waals surface area contributed by atoms with Crippen molar-refractivity contribution < 1.29 is 34.8 Å². The number of hydrogen-bond donors (Lipinski definition) is 4. The van der Waals surface area contributed by atoms with Crippen LogP contribution in [0.1, 0.15) is 15.9 Å². The number of carboxylic acid groups (broad SMARTS) is 1. The van der Waals surface area contributed by atoms with Gasteiger partial charge in [0.15, 0.2) is 0 Å². The number of aromatic hydroxyl groups is 3. The molecule has 7 heteroatoms. The summed E-state index contributed by atoms with van der Waals surface area (Å²) in [6.07, 6.45) is -0.579. The molecule has 0 saturated carbocycles. The lowest BCUT2D eigenvalue weighted by Gasteiger charge is -2.11. The van der Waals surface area contributed by atoms with Crippen molar-refractivity contribution >= 4 is 11.9 Å². The molecular weight excluding hydrogens is 292 g/mol. The first-order chi connectivity index (χ1) is 10.4. The molecule has 2 aromatic carbocycles. The molecule has 0 saturated heterocycles. The summed E-state index contributed by atoms with van der Waals surface area (Å²) >= 11 is 0. The summed E-state index contributed by atoms with van der Waals surface area (Å²) < 4.78 is 5.03. The first-order valence-electron chi connectivity index (χ1n) is 6.14. The van der Waals surface area contributed by atoms with E-state index in [0.29, 0.717) is 0 Å². The average molecular weight is 304 g/mol. The zero-order valence-electron chi connectivity index (χ0n) is 11.2. The minimum atomic E-state index is -1.23. The van der Waals surface area contributed by atoms with Gasteiger partial charge in [0.1, 0.15) is 23.0 Å². The standard InChI is InChI=1S/C15H12O7/c16-9-3-1-8(2-4-9)15(21)22-13-6-10(17)5-12(18)11(13)7-14(19)20/h1-6,16-18H,7H2,(H,19,20). The molecule has 114 valence electrons. The molecule has 7 nitrogen and oxygen atoms in total. The Kier molecular flexibility index (Phi) is 4.17. The second-order valence-electron chi connectivity index (χ2n) is 4.45. The topological polar surface area (TPSA) is 124 Å². The summed E-state index contributed by atoms with van der Waals surface area (Å²) in [6, 6.07) is 7.20. The molecule has 22 heavy (non-hydrogen) atoms. The lowest BCUT2D eigenvalue weighted by atomic mass is 10.1. The van der Waals surface area contributed by atoms with Crippen LogP contribution >= 0.6 is 0 Å². The van der Waals surface area contributed by atoms with E-state index in [9.17, 15) is 19.8 Å². The number of phenolic OH excluding ortho intramolecular Hbond substituents is 3. The minimum absolute atomic E-state index is 0.0295. The normalized spacial score (nSPS) is 10.2. The quantitative estimate of drug-likeness (QED) is 0.500. The zero-order chi connectivity index (χ0) is 16.3. The molecule has 0 atom stereocenters. The smallest absolute Gasteiger partial charge is 0.343 e. The highest BCUT2D eigenvalue weighted by molar-refractivity contribution is 5.91. The van der Waals surface area contributed by atoms with Crippen LogP contribution in [0.5, 0.6) is 23.0 Å². The van der Waals surface area contributed by atoms with Crippen molar-refractivity contribution in [2.24, 2.45) is 0 Å². The molecule has 0 radical (unpaired) electrons. The lowest BCUT2D eigenvalue weighted by molar-refractivity contribution is -0.136. The molecule has 0 amide bonds. The molecule has 0 aromatic heterocycles. The third-order valence-corrected chi connectivity index (χ3v) is 2.80. The molecule has 2 aromatic rings. The summed E-state index contributed by atoms with van der Waals surface area (Å²) in [5.41, 5.74) is -0.0145. The Morgan fingerprint density at radius 2 is 1.59 bits per heavy atom. The molecule has 0 fully saturated rings. The van der Waals surface area contributed by atoms with E-state index in [0.717, 1.165) is 12.1 Å². The number of carbonyl (C=O) groups is 2. The number of rotatable bonds is 4. The van der Waals surface area contributed by atoms with Gasteiger partial charge in [0.2, 0.25) is 0 Å². The number of aliphatic carboxylic acids is 1. The summed E-state index contributed by atoms with van der Waals surface area (Å²) in [6.45, 7) is 0. The van der Waals surface area contributed by atoms with Gasteiger partial charge in [-0.25, -0.2) is 4.79 Å². The number of carboxylic acids is 1. The van der Waals surface area contributed by atoms with Gasteiger partial charge in [0.05, 0.1) is 12.0 Å². The van der Waals surface area contributed by atoms with Crippen LogP contribution in [0.15, 0.2) is 36.4 Å². The van der Waals surface area contributed by atoms with Gasteiger partial charge in [-0.3, -0.25) is 4.79 Å². The first kappa shape index (κ1) is 15.2. The molecule has 2 rings (SSSR count). The van der Waals surface area contributed by atoms with Gasteiger partial charge in [0, 0.05) is 17.7 Å². The second kappa shape index (κ2) is 6.04. The zero-order valence-corrected chi connectivity index (χ0v) is 11.2. The maximum atomic E-state index is 12.0. The number of benzene rings is 2. The lowest BCUT2D eigenvalue weighted by Crippen LogP contribution is -2.11. The van der Waals surface area contributed by atoms with Crippen molar-refractivity contribution in [2.45, 2.75) is 6.42 Å².